The van der Waals surface area contributed by atoms with E-state index >= 15 is 0 Å². The molecule has 204 valence electrons. The predicted octanol–water partition coefficient (Wildman–Crippen LogP) is 4.70. The number of nitrogens with one attached hydrogen (secondary N) is 2. The normalized spacial score (nSPS) is 11.7. The zero-order valence-electron chi connectivity index (χ0n) is 21.5. The van der Waals surface area contributed by atoms with Crippen LogP contribution in [0.25, 0.3) is 0 Å². The fourth-order valence-electron chi connectivity index (χ4n) is 3.71. The third-order valence-electron chi connectivity index (χ3n) is 5.73. The summed E-state index contributed by atoms with van der Waals surface area (Å²) in [6, 6.07) is 9.75. The van der Waals surface area contributed by atoms with E-state index in [-0.39, 0.29) is 30.4 Å². The number of hydrogen-bond acceptors (Lipinski definition) is 7. The van der Waals surface area contributed by atoms with Crippen molar-refractivity contribution in [1.82, 2.24) is 9.97 Å². The molecule has 0 spiro atoms. The van der Waals surface area contributed by atoms with E-state index in [0.29, 0.717) is 28.4 Å². The second-order valence-electron chi connectivity index (χ2n) is 8.61. The highest BCUT2D eigenvalue weighted by atomic mass is 32.2. The minimum Gasteiger partial charge on any atom is -0.497 e. The average Bonchev–Trinajstić information content (AvgIpc) is 2.82. The van der Waals surface area contributed by atoms with Gasteiger partial charge in [-0.1, -0.05) is 6.07 Å². The molecule has 0 atom stereocenters. The SMILES string of the molecule is COc1ccc(CCc2nc(Nc3ccc(NC(C)=O)c(C)c3)ncc2C(F)(F)F)c(N(C)S(C)(=O)=O)c1. The van der Waals surface area contributed by atoms with E-state index < -0.39 is 21.8 Å². The van der Waals surface area contributed by atoms with Crippen LogP contribution < -0.4 is 19.7 Å². The van der Waals surface area contributed by atoms with Crippen LogP contribution >= 0.6 is 0 Å². The zero-order valence-corrected chi connectivity index (χ0v) is 22.3. The molecule has 0 radical (unpaired) electrons. The number of carbonyl (C=O) groups is 1. The number of sulfonamides is 1. The minimum absolute atomic E-state index is 0.0390. The first-order valence-corrected chi connectivity index (χ1v) is 13.2. The molecule has 0 aliphatic carbocycles. The molecule has 0 unspecified atom stereocenters. The number of ether oxygens (including phenoxy) is 1. The molecule has 1 heterocycles. The maximum atomic E-state index is 13.8. The highest BCUT2D eigenvalue weighted by Crippen LogP contribution is 2.34. The second-order valence-corrected chi connectivity index (χ2v) is 10.6. The standard InChI is InChI=1S/C25H28F3N5O4S/c1-15-12-18(8-11-21(15)30-16(2)34)31-24-29-14-20(25(26,27)28)22(32-24)10-7-17-6-9-19(37-4)13-23(17)33(3)38(5,35)36/h6,8-9,11-14H,7,10H2,1-5H3,(H,30,34)(H,29,31,32). The topological polar surface area (TPSA) is 114 Å². The number of methoxy groups -OCH3 is 1. The Morgan fingerprint density at radius 3 is 2.42 bits per heavy atom. The molecule has 2 N–H and O–H groups in total. The summed E-state index contributed by atoms with van der Waals surface area (Å²) in [5.41, 5.74) is 1.43. The van der Waals surface area contributed by atoms with Gasteiger partial charge in [-0.2, -0.15) is 13.2 Å². The fourth-order valence-corrected chi connectivity index (χ4v) is 4.24. The highest BCUT2D eigenvalue weighted by Gasteiger charge is 2.35. The molecule has 0 fully saturated rings. The quantitative estimate of drug-likeness (QED) is 0.397. The third kappa shape index (κ3) is 7.12. The van der Waals surface area contributed by atoms with Crippen LogP contribution in [0.1, 0.15) is 29.3 Å². The second kappa shape index (κ2) is 11.3. The van der Waals surface area contributed by atoms with Crippen LogP contribution in [0, 0.1) is 6.92 Å². The summed E-state index contributed by atoms with van der Waals surface area (Å²) in [6.45, 7) is 3.16. The van der Waals surface area contributed by atoms with Crippen LogP contribution in [0.4, 0.5) is 36.2 Å². The van der Waals surface area contributed by atoms with Crippen molar-refractivity contribution in [2.24, 2.45) is 0 Å². The summed E-state index contributed by atoms with van der Waals surface area (Å²) < 4.78 is 71.8. The van der Waals surface area contributed by atoms with Crippen molar-refractivity contribution in [2.45, 2.75) is 32.9 Å². The molecule has 0 bridgehead atoms. The Balaban J connectivity index is 1.93. The number of nitrogens with zero attached hydrogens (tertiary/aromatic N) is 3. The van der Waals surface area contributed by atoms with E-state index in [2.05, 4.69) is 20.6 Å². The van der Waals surface area contributed by atoms with E-state index in [4.69, 9.17) is 4.74 Å². The van der Waals surface area contributed by atoms with Gasteiger partial charge in [0.15, 0.2) is 0 Å². The smallest absolute Gasteiger partial charge is 0.419 e. The maximum absolute atomic E-state index is 13.8. The average molecular weight is 552 g/mol. The van der Waals surface area contributed by atoms with E-state index in [1.807, 2.05) is 0 Å². The van der Waals surface area contributed by atoms with Gasteiger partial charge in [-0.3, -0.25) is 9.10 Å². The number of anilines is 4. The lowest BCUT2D eigenvalue weighted by atomic mass is 10.0. The molecule has 1 amide bonds. The van der Waals surface area contributed by atoms with E-state index in [0.717, 1.165) is 22.3 Å². The molecule has 3 aromatic rings. The van der Waals surface area contributed by atoms with Gasteiger partial charge in [0.1, 0.15) is 5.75 Å². The number of carbonyl (C=O) groups excluding carboxylic acids is 1. The third-order valence-corrected chi connectivity index (χ3v) is 6.92. The Kier molecular flexibility index (Phi) is 8.50. The van der Waals surface area contributed by atoms with Crippen LogP contribution in [0.3, 0.4) is 0 Å². The van der Waals surface area contributed by atoms with Gasteiger partial charge < -0.3 is 15.4 Å². The van der Waals surface area contributed by atoms with Gasteiger partial charge in [0.05, 0.1) is 30.3 Å². The first-order chi connectivity index (χ1) is 17.7. The van der Waals surface area contributed by atoms with Gasteiger partial charge in [0.25, 0.3) is 0 Å². The van der Waals surface area contributed by atoms with Gasteiger partial charge in [-0.15, -0.1) is 0 Å². The van der Waals surface area contributed by atoms with Crippen LogP contribution in [0.15, 0.2) is 42.6 Å². The number of alkyl halides is 3. The van der Waals surface area contributed by atoms with Crippen molar-refractivity contribution < 1.29 is 31.1 Å². The molecule has 2 aromatic carbocycles. The highest BCUT2D eigenvalue weighted by molar-refractivity contribution is 7.92. The van der Waals surface area contributed by atoms with Crippen molar-refractivity contribution in [1.29, 1.82) is 0 Å². The number of benzene rings is 2. The lowest BCUT2D eigenvalue weighted by molar-refractivity contribution is -0.138. The van der Waals surface area contributed by atoms with Crippen LogP contribution in [-0.4, -0.2) is 44.7 Å². The zero-order chi connectivity index (χ0) is 28.3. The van der Waals surface area contributed by atoms with Crippen molar-refractivity contribution >= 4 is 38.9 Å². The van der Waals surface area contributed by atoms with E-state index in [1.54, 1.807) is 37.3 Å². The van der Waals surface area contributed by atoms with Crippen molar-refractivity contribution in [3.8, 4) is 5.75 Å². The molecular weight excluding hydrogens is 523 g/mol. The Labute approximate surface area is 219 Å². The molecule has 13 heteroatoms. The van der Waals surface area contributed by atoms with Crippen LogP contribution in [0.2, 0.25) is 0 Å². The number of hydrogen-bond donors (Lipinski definition) is 2. The summed E-state index contributed by atoms with van der Waals surface area (Å²) in [7, 11) is -0.842. The first kappa shape index (κ1) is 28.7. The van der Waals surface area contributed by atoms with Crippen molar-refractivity contribution in [3.05, 3.63) is 65.0 Å². The van der Waals surface area contributed by atoms with Crippen LogP contribution in [-0.2, 0) is 33.8 Å². The molecule has 0 saturated carbocycles. The molecule has 0 aliphatic heterocycles. The maximum Gasteiger partial charge on any atom is 0.419 e. The van der Waals surface area contributed by atoms with E-state index in [1.165, 1.54) is 27.1 Å². The molecule has 1 aromatic heterocycles. The van der Waals surface area contributed by atoms with Crippen LogP contribution in [0.5, 0.6) is 5.75 Å². The lowest BCUT2D eigenvalue weighted by Crippen LogP contribution is -2.26. The summed E-state index contributed by atoms with van der Waals surface area (Å²) in [4.78, 5) is 19.3. The number of halogens is 3. The van der Waals surface area contributed by atoms with Gasteiger partial charge in [0.2, 0.25) is 21.9 Å². The summed E-state index contributed by atoms with van der Waals surface area (Å²) in [5, 5.41) is 5.59. The predicted molar refractivity (Wildman–Crippen MR) is 139 cm³/mol. The fraction of sp³-hybridized carbons (Fsp3) is 0.320. The lowest BCUT2D eigenvalue weighted by Gasteiger charge is -2.21. The Bertz CT molecular complexity index is 1450. The molecule has 0 saturated heterocycles. The molecule has 0 aliphatic rings. The largest absolute Gasteiger partial charge is 0.497 e. The van der Waals surface area contributed by atoms with Crippen molar-refractivity contribution in [3.63, 3.8) is 0 Å². The summed E-state index contributed by atoms with van der Waals surface area (Å²) >= 11 is 0. The molecule has 9 nitrogen and oxygen atoms in total. The van der Waals surface area contributed by atoms with Crippen molar-refractivity contribution in [2.75, 3.05) is 35.4 Å². The number of amides is 1. The first-order valence-electron chi connectivity index (χ1n) is 11.4. The molecule has 3 rings (SSSR count). The van der Waals surface area contributed by atoms with Gasteiger partial charge >= 0.3 is 6.18 Å². The van der Waals surface area contributed by atoms with Gasteiger partial charge in [-0.05, 0) is 55.2 Å². The Hall–Kier alpha value is -3.87. The monoisotopic (exact) mass is 551 g/mol. The Morgan fingerprint density at radius 2 is 1.84 bits per heavy atom. The van der Waals surface area contributed by atoms with E-state index in [9.17, 15) is 26.4 Å². The minimum atomic E-state index is -4.68. The van der Waals surface area contributed by atoms with Gasteiger partial charge in [0, 0.05) is 37.6 Å². The molecular formula is C25H28F3N5O4S. The number of rotatable bonds is 9. The summed E-state index contributed by atoms with van der Waals surface area (Å²) in [5.74, 6) is 0.138. The number of aromatic nitrogens is 2. The molecule has 38 heavy (non-hydrogen) atoms. The number of aryl methyl sites for hydroxylation is 3. The Morgan fingerprint density at radius 1 is 1.13 bits per heavy atom. The van der Waals surface area contributed by atoms with Gasteiger partial charge in [-0.25, -0.2) is 18.4 Å². The summed E-state index contributed by atoms with van der Waals surface area (Å²) in [6.07, 6.45) is -2.99.